The largest absolute Gasteiger partial charge is 0.507 e. The zero-order chi connectivity index (χ0) is 21.2. The summed E-state index contributed by atoms with van der Waals surface area (Å²) in [5.41, 5.74) is 1.09. The molecule has 1 saturated carbocycles. The highest BCUT2D eigenvalue weighted by Crippen LogP contribution is 2.32. The van der Waals surface area contributed by atoms with Gasteiger partial charge in [0.25, 0.3) is 0 Å². The minimum atomic E-state index is -5.08. The van der Waals surface area contributed by atoms with Gasteiger partial charge in [0, 0.05) is 28.7 Å². The Morgan fingerprint density at radius 3 is 2.66 bits per heavy atom. The minimum Gasteiger partial charge on any atom is -0.507 e. The quantitative estimate of drug-likeness (QED) is 0.679. The van der Waals surface area contributed by atoms with Crippen molar-refractivity contribution < 1.29 is 33.0 Å². The van der Waals surface area contributed by atoms with Crippen molar-refractivity contribution in [1.29, 1.82) is 0 Å². The van der Waals surface area contributed by atoms with Crippen LogP contribution in [0.1, 0.15) is 31.2 Å². The van der Waals surface area contributed by atoms with Crippen LogP contribution in [0.25, 0.3) is 10.1 Å². The minimum absolute atomic E-state index is 0.129. The monoisotopic (exact) mass is 430 g/mol. The average molecular weight is 430 g/mol. The van der Waals surface area contributed by atoms with Gasteiger partial charge >= 0.3 is 12.1 Å². The molecule has 0 radical (unpaired) electrons. The van der Waals surface area contributed by atoms with Crippen LogP contribution in [0.4, 0.5) is 13.2 Å². The van der Waals surface area contributed by atoms with Crippen LogP contribution >= 0.6 is 11.3 Å². The molecule has 2 fully saturated rings. The molecule has 1 amide bonds. The van der Waals surface area contributed by atoms with Gasteiger partial charge in [-0.25, -0.2) is 4.79 Å². The lowest BCUT2D eigenvalue weighted by atomic mass is 9.87. The number of carboxylic acids is 1. The van der Waals surface area contributed by atoms with Crippen molar-refractivity contribution in [2.75, 3.05) is 6.54 Å². The Bertz CT molecular complexity index is 899. The van der Waals surface area contributed by atoms with Crippen molar-refractivity contribution in [3.05, 3.63) is 29.1 Å². The molecule has 4 rings (SSSR count). The fourth-order valence-electron chi connectivity index (χ4n) is 3.88. The van der Waals surface area contributed by atoms with E-state index < -0.39 is 12.1 Å². The molecule has 29 heavy (non-hydrogen) atoms. The van der Waals surface area contributed by atoms with Crippen molar-refractivity contribution in [3.8, 4) is 5.75 Å². The van der Waals surface area contributed by atoms with E-state index in [1.54, 1.807) is 11.3 Å². The maximum absolute atomic E-state index is 12.0. The van der Waals surface area contributed by atoms with Gasteiger partial charge in [0.1, 0.15) is 5.75 Å². The molecule has 1 aliphatic carbocycles. The maximum atomic E-state index is 12.0. The molecule has 0 bridgehead atoms. The van der Waals surface area contributed by atoms with Crippen LogP contribution in [0.2, 0.25) is 0 Å². The van der Waals surface area contributed by atoms with Crippen molar-refractivity contribution in [2.45, 2.75) is 50.5 Å². The van der Waals surface area contributed by atoms with Crippen LogP contribution < -0.4 is 5.32 Å². The standard InChI is InChI=1S/C17H20N2O2S.C2HF3O2/c20-15-7-11(8-16-12(15)5-6-22-16)9-19-10-17(21)18-13-3-1-2-4-14(13)19;3-2(4,5)1(6)7/h5-8,13-14,20H,1-4,9-10H2,(H,18,21);(H,6,7). The number of phenolic OH excluding ortho intramolecular Hbond substituents is 1. The average Bonchev–Trinajstić information content (AvgIpc) is 3.10. The second kappa shape index (κ2) is 8.58. The number of hydrogen-bond acceptors (Lipinski definition) is 5. The highest BCUT2D eigenvalue weighted by atomic mass is 32.1. The van der Waals surface area contributed by atoms with Crippen LogP contribution in [-0.2, 0) is 16.1 Å². The first-order valence-electron chi connectivity index (χ1n) is 9.18. The molecule has 2 aromatic rings. The summed E-state index contributed by atoms with van der Waals surface area (Å²) in [5, 5.41) is 23.3. The molecular formula is C19H21F3N2O4S. The number of halogens is 3. The predicted octanol–water partition coefficient (Wildman–Crippen LogP) is 3.48. The number of carbonyl (C=O) groups excluding carboxylic acids is 1. The van der Waals surface area contributed by atoms with Crippen molar-refractivity contribution >= 4 is 33.3 Å². The summed E-state index contributed by atoms with van der Waals surface area (Å²) in [6, 6.07) is 6.68. The van der Waals surface area contributed by atoms with E-state index >= 15 is 0 Å². The number of nitrogens with zero attached hydrogens (tertiary/aromatic N) is 1. The van der Waals surface area contributed by atoms with E-state index in [0.717, 1.165) is 35.0 Å². The lowest BCUT2D eigenvalue weighted by Crippen LogP contribution is -2.61. The van der Waals surface area contributed by atoms with E-state index in [0.29, 0.717) is 24.4 Å². The summed E-state index contributed by atoms with van der Waals surface area (Å²) in [4.78, 5) is 23.1. The molecule has 0 spiro atoms. The molecule has 158 valence electrons. The normalized spacial score (nSPS) is 22.4. The molecule has 1 aromatic heterocycles. The van der Waals surface area contributed by atoms with Gasteiger partial charge < -0.3 is 15.5 Å². The van der Waals surface area contributed by atoms with Gasteiger partial charge in [-0.15, -0.1) is 11.3 Å². The van der Waals surface area contributed by atoms with Gasteiger partial charge in [-0.3, -0.25) is 9.69 Å². The van der Waals surface area contributed by atoms with Gasteiger partial charge in [0.2, 0.25) is 5.91 Å². The number of benzene rings is 1. The number of amides is 1. The number of fused-ring (bicyclic) bond motifs is 2. The molecule has 10 heteroatoms. The van der Waals surface area contributed by atoms with Gasteiger partial charge in [0.15, 0.2) is 0 Å². The molecule has 2 aliphatic rings. The zero-order valence-electron chi connectivity index (χ0n) is 15.4. The van der Waals surface area contributed by atoms with E-state index in [9.17, 15) is 23.1 Å². The maximum Gasteiger partial charge on any atom is 0.490 e. The Labute approximate surface area is 168 Å². The highest BCUT2D eigenvalue weighted by molar-refractivity contribution is 7.17. The topological polar surface area (TPSA) is 89.9 Å². The van der Waals surface area contributed by atoms with E-state index in [2.05, 4.69) is 16.3 Å². The Morgan fingerprint density at radius 2 is 1.97 bits per heavy atom. The molecule has 3 N–H and O–H groups in total. The molecule has 6 nitrogen and oxygen atoms in total. The number of nitrogens with one attached hydrogen (secondary N) is 1. The molecule has 1 aliphatic heterocycles. The molecule has 2 heterocycles. The number of hydrogen-bond donors (Lipinski definition) is 3. The number of thiophene rings is 1. The highest BCUT2D eigenvalue weighted by Gasteiger charge is 2.38. The van der Waals surface area contributed by atoms with Crippen LogP contribution in [0.15, 0.2) is 23.6 Å². The molecule has 2 atom stereocenters. The molecule has 1 aromatic carbocycles. The summed E-state index contributed by atoms with van der Waals surface area (Å²) >= 11 is 1.64. The Morgan fingerprint density at radius 1 is 1.28 bits per heavy atom. The van der Waals surface area contributed by atoms with Crippen molar-refractivity contribution in [2.24, 2.45) is 0 Å². The molecule has 1 saturated heterocycles. The van der Waals surface area contributed by atoms with E-state index in [4.69, 9.17) is 9.90 Å². The van der Waals surface area contributed by atoms with Gasteiger partial charge in [-0.2, -0.15) is 13.2 Å². The summed E-state index contributed by atoms with van der Waals surface area (Å²) in [7, 11) is 0. The number of aliphatic carboxylic acids is 1. The SMILES string of the molecule is O=C(O)C(F)(F)F.O=C1CN(Cc2cc(O)c3ccsc3c2)C2CCCCC2N1. The number of aromatic hydroxyl groups is 1. The first-order valence-corrected chi connectivity index (χ1v) is 10.1. The third-order valence-corrected chi connectivity index (χ3v) is 5.99. The second-order valence-corrected chi connectivity index (χ2v) is 8.13. The summed E-state index contributed by atoms with van der Waals surface area (Å²) in [6.45, 7) is 1.19. The smallest absolute Gasteiger partial charge is 0.490 e. The van der Waals surface area contributed by atoms with Gasteiger partial charge in [0.05, 0.1) is 6.54 Å². The van der Waals surface area contributed by atoms with Crippen LogP contribution in [-0.4, -0.2) is 51.8 Å². The zero-order valence-corrected chi connectivity index (χ0v) is 16.2. The fourth-order valence-corrected chi connectivity index (χ4v) is 4.75. The van der Waals surface area contributed by atoms with Gasteiger partial charge in [-0.1, -0.05) is 12.8 Å². The predicted molar refractivity (Wildman–Crippen MR) is 102 cm³/mol. The van der Waals surface area contributed by atoms with E-state index in [-0.39, 0.29) is 5.91 Å². The Kier molecular flexibility index (Phi) is 6.33. The first kappa shape index (κ1) is 21.4. The number of phenols is 1. The third-order valence-electron chi connectivity index (χ3n) is 5.13. The number of carbonyl (C=O) groups is 2. The molecule has 2 unspecified atom stereocenters. The van der Waals surface area contributed by atoms with Gasteiger partial charge in [-0.05, 0) is 42.0 Å². The van der Waals surface area contributed by atoms with Crippen LogP contribution in [0, 0.1) is 0 Å². The first-order chi connectivity index (χ1) is 13.6. The Hall–Kier alpha value is -2.33. The van der Waals surface area contributed by atoms with Crippen molar-refractivity contribution in [3.63, 3.8) is 0 Å². The second-order valence-electron chi connectivity index (χ2n) is 7.18. The fraction of sp³-hybridized carbons (Fsp3) is 0.474. The van der Waals surface area contributed by atoms with Crippen LogP contribution in [0.3, 0.4) is 0 Å². The summed E-state index contributed by atoms with van der Waals surface area (Å²) in [5.74, 6) is -2.28. The van der Waals surface area contributed by atoms with Crippen LogP contribution in [0.5, 0.6) is 5.75 Å². The van der Waals surface area contributed by atoms with E-state index in [1.165, 1.54) is 12.8 Å². The molecular weight excluding hydrogens is 409 g/mol. The van der Waals surface area contributed by atoms with Crippen molar-refractivity contribution in [1.82, 2.24) is 10.2 Å². The third kappa shape index (κ3) is 5.18. The number of piperazine rings is 1. The Balaban J connectivity index is 0.000000298. The summed E-state index contributed by atoms with van der Waals surface area (Å²) in [6.07, 6.45) is -0.403. The summed E-state index contributed by atoms with van der Waals surface area (Å²) < 4.78 is 32.8. The lowest BCUT2D eigenvalue weighted by Gasteiger charge is -2.44. The van der Waals surface area contributed by atoms with E-state index in [1.807, 2.05) is 17.5 Å². The lowest BCUT2D eigenvalue weighted by molar-refractivity contribution is -0.192. The number of carboxylic acid groups (broad SMARTS) is 1. The number of alkyl halides is 3. The number of rotatable bonds is 2.